The van der Waals surface area contributed by atoms with E-state index in [2.05, 4.69) is 5.43 Å². The third kappa shape index (κ3) is 5.32. The normalized spacial score (nSPS) is 19.7. The Morgan fingerprint density at radius 1 is 1.03 bits per heavy atom. The van der Waals surface area contributed by atoms with Crippen LogP contribution in [0.4, 0.5) is 5.69 Å². The predicted octanol–water partition coefficient (Wildman–Crippen LogP) is 3.50. The lowest BCUT2D eigenvalue weighted by Crippen LogP contribution is -2.59. The van der Waals surface area contributed by atoms with Crippen molar-refractivity contribution in [2.75, 3.05) is 32.2 Å². The maximum absolute atomic E-state index is 13.5. The number of allylic oxidation sites excluding steroid dienone is 2. The van der Waals surface area contributed by atoms with Crippen LogP contribution in [-0.4, -0.2) is 54.7 Å². The van der Waals surface area contributed by atoms with Gasteiger partial charge in [0.15, 0.2) is 0 Å². The van der Waals surface area contributed by atoms with E-state index in [1.54, 1.807) is 35.2 Å². The number of carbonyl (C=O) groups is 3. The van der Waals surface area contributed by atoms with Gasteiger partial charge in [0.2, 0.25) is 11.8 Å². The molecular weight excluding hydrogens is 452 g/mol. The standard InChI is InChI=1S/C26H29ClN4O3/c1-29(2)13-14-30(17-18-7-5-9-20(27)15-18)25(33)19-8-6-10-21(16-19)31-26(34)23-12-4-3-11-22(23)24(32)28-31/h3-10,15-16,22-23H,11-14,17H2,1-2H3,(H,28,32). The summed E-state index contributed by atoms with van der Waals surface area (Å²) in [6, 6.07) is 14.3. The first-order valence-corrected chi connectivity index (χ1v) is 11.8. The van der Waals surface area contributed by atoms with Gasteiger partial charge >= 0.3 is 0 Å². The van der Waals surface area contributed by atoms with Gasteiger partial charge in [-0.15, -0.1) is 0 Å². The minimum absolute atomic E-state index is 0.151. The van der Waals surface area contributed by atoms with Crippen LogP contribution in [-0.2, 0) is 16.1 Å². The van der Waals surface area contributed by atoms with E-state index in [1.807, 2.05) is 49.3 Å². The highest BCUT2D eigenvalue weighted by Gasteiger charge is 2.42. The van der Waals surface area contributed by atoms with Crippen LogP contribution in [0.5, 0.6) is 0 Å². The second-order valence-electron chi connectivity index (χ2n) is 9.02. The molecule has 0 radical (unpaired) electrons. The van der Waals surface area contributed by atoms with Crippen molar-refractivity contribution < 1.29 is 14.4 Å². The average molecular weight is 481 g/mol. The number of nitrogens with one attached hydrogen (secondary N) is 1. The van der Waals surface area contributed by atoms with Gasteiger partial charge in [-0.25, -0.2) is 5.01 Å². The smallest absolute Gasteiger partial charge is 0.254 e. The minimum Gasteiger partial charge on any atom is -0.333 e. The van der Waals surface area contributed by atoms with E-state index in [0.717, 1.165) is 5.56 Å². The van der Waals surface area contributed by atoms with Crippen molar-refractivity contribution in [1.29, 1.82) is 0 Å². The Kier molecular flexibility index (Phi) is 7.34. The Morgan fingerprint density at radius 3 is 2.50 bits per heavy atom. The number of hydrogen-bond acceptors (Lipinski definition) is 4. The first kappa shape index (κ1) is 24.0. The van der Waals surface area contributed by atoms with Gasteiger partial charge in [-0.05, 0) is 62.8 Å². The number of benzene rings is 2. The maximum atomic E-state index is 13.5. The summed E-state index contributed by atoms with van der Waals surface area (Å²) in [6.07, 6.45) is 5.02. The molecule has 2 aromatic rings. The van der Waals surface area contributed by atoms with Crippen LogP contribution >= 0.6 is 11.6 Å². The Labute approximate surface area is 204 Å². The Morgan fingerprint density at radius 2 is 1.76 bits per heavy atom. The zero-order chi connectivity index (χ0) is 24.2. The Balaban J connectivity index is 1.57. The number of rotatable bonds is 7. The zero-order valence-corrected chi connectivity index (χ0v) is 20.2. The molecule has 1 aliphatic heterocycles. The molecule has 178 valence electrons. The molecule has 2 aliphatic rings. The van der Waals surface area contributed by atoms with Gasteiger partial charge in [-0.3, -0.25) is 19.8 Å². The van der Waals surface area contributed by atoms with Crippen molar-refractivity contribution >= 4 is 35.0 Å². The number of carbonyl (C=O) groups excluding carboxylic acids is 3. The predicted molar refractivity (Wildman–Crippen MR) is 132 cm³/mol. The van der Waals surface area contributed by atoms with Crippen molar-refractivity contribution in [3.05, 3.63) is 76.8 Å². The second kappa shape index (κ2) is 10.4. The van der Waals surface area contributed by atoms with Crippen LogP contribution in [0.1, 0.15) is 28.8 Å². The third-order valence-corrected chi connectivity index (χ3v) is 6.48. The molecule has 1 fully saturated rings. The van der Waals surface area contributed by atoms with Crippen LogP contribution < -0.4 is 10.4 Å². The van der Waals surface area contributed by atoms with Gasteiger partial charge in [0.25, 0.3) is 5.91 Å². The molecule has 0 bridgehead atoms. The Bertz CT molecular complexity index is 1120. The molecular formula is C26H29ClN4O3. The van der Waals surface area contributed by atoms with Crippen molar-refractivity contribution in [3.8, 4) is 0 Å². The molecule has 1 heterocycles. The van der Waals surface area contributed by atoms with Crippen molar-refractivity contribution in [2.24, 2.45) is 11.8 Å². The highest BCUT2D eigenvalue weighted by atomic mass is 35.5. The number of amides is 3. The summed E-state index contributed by atoms with van der Waals surface area (Å²) in [5.74, 6) is -1.19. The van der Waals surface area contributed by atoms with Crippen LogP contribution in [0.15, 0.2) is 60.7 Å². The van der Waals surface area contributed by atoms with E-state index < -0.39 is 0 Å². The van der Waals surface area contributed by atoms with E-state index in [-0.39, 0.29) is 29.6 Å². The van der Waals surface area contributed by atoms with Gasteiger partial charge < -0.3 is 9.80 Å². The number of anilines is 1. The topological polar surface area (TPSA) is 73.0 Å². The molecule has 7 nitrogen and oxygen atoms in total. The summed E-state index contributed by atoms with van der Waals surface area (Å²) < 4.78 is 0. The quantitative estimate of drug-likeness (QED) is 0.615. The van der Waals surface area contributed by atoms with E-state index in [0.29, 0.717) is 48.7 Å². The molecule has 1 saturated heterocycles. The maximum Gasteiger partial charge on any atom is 0.254 e. The molecule has 4 rings (SSSR count). The van der Waals surface area contributed by atoms with Gasteiger partial charge in [-0.2, -0.15) is 0 Å². The van der Waals surface area contributed by atoms with E-state index in [9.17, 15) is 14.4 Å². The lowest BCUT2D eigenvalue weighted by molar-refractivity contribution is -0.139. The fourth-order valence-electron chi connectivity index (χ4n) is 4.37. The SMILES string of the molecule is CN(C)CCN(Cc1cccc(Cl)c1)C(=O)c1cccc(N2NC(=O)C3CC=CCC3C2=O)c1. The molecule has 2 aromatic carbocycles. The monoisotopic (exact) mass is 480 g/mol. The number of hydrazine groups is 1. The summed E-state index contributed by atoms with van der Waals surface area (Å²) >= 11 is 6.15. The summed E-state index contributed by atoms with van der Waals surface area (Å²) in [4.78, 5) is 43.1. The second-order valence-corrected chi connectivity index (χ2v) is 9.45. The lowest BCUT2D eigenvalue weighted by atomic mass is 9.80. The van der Waals surface area contributed by atoms with Crippen molar-refractivity contribution in [1.82, 2.24) is 15.2 Å². The number of nitrogens with zero attached hydrogens (tertiary/aromatic N) is 3. The van der Waals surface area contributed by atoms with E-state index in [4.69, 9.17) is 11.6 Å². The van der Waals surface area contributed by atoms with Crippen molar-refractivity contribution in [2.45, 2.75) is 19.4 Å². The zero-order valence-electron chi connectivity index (χ0n) is 19.4. The van der Waals surface area contributed by atoms with Crippen LogP contribution in [0, 0.1) is 11.8 Å². The number of likely N-dealkylation sites (N-methyl/N-ethyl adjacent to an activating group) is 1. The summed E-state index contributed by atoms with van der Waals surface area (Å²) in [6.45, 7) is 1.63. The number of halogens is 1. The highest BCUT2D eigenvalue weighted by molar-refractivity contribution is 6.30. The highest BCUT2D eigenvalue weighted by Crippen LogP contribution is 2.32. The third-order valence-electron chi connectivity index (χ3n) is 6.25. The summed E-state index contributed by atoms with van der Waals surface area (Å²) in [7, 11) is 3.92. The van der Waals surface area contributed by atoms with E-state index >= 15 is 0 Å². The van der Waals surface area contributed by atoms with Gasteiger partial charge in [0.1, 0.15) is 0 Å². The fourth-order valence-corrected chi connectivity index (χ4v) is 4.59. The van der Waals surface area contributed by atoms with Crippen LogP contribution in [0.3, 0.4) is 0 Å². The Hall–Kier alpha value is -3.16. The van der Waals surface area contributed by atoms with Crippen LogP contribution in [0.2, 0.25) is 5.02 Å². The van der Waals surface area contributed by atoms with Gasteiger partial charge in [-0.1, -0.05) is 42.0 Å². The molecule has 34 heavy (non-hydrogen) atoms. The molecule has 3 amide bonds. The lowest BCUT2D eigenvalue weighted by Gasteiger charge is -2.38. The largest absolute Gasteiger partial charge is 0.333 e. The summed E-state index contributed by atoms with van der Waals surface area (Å²) in [5, 5.41) is 1.91. The molecule has 1 N–H and O–H groups in total. The molecule has 1 aliphatic carbocycles. The van der Waals surface area contributed by atoms with Gasteiger partial charge in [0.05, 0.1) is 17.5 Å². The van der Waals surface area contributed by atoms with Crippen molar-refractivity contribution in [3.63, 3.8) is 0 Å². The number of hydrogen-bond donors (Lipinski definition) is 1. The van der Waals surface area contributed by atoms with Gasteiger partial charge in [0, 0.05) is 30.2 Å². The molecule has 0 spiro atoms. The molecule has 8 heteroatoms. The number of fused-ring (bicyclic) bond motifs is 1. The molecule has 2 atom stereocenters. The molecule has 2 unspecified atom stereocenters. The first-order valence-electron chi connectivity index (χ1n) is 11.4. The van der Waals surface area contributed by atoms with Crippen LogP contribution in [0.25, 0.3) is 0 Å². The van der Waals surface area contributed by atoms with E-state index in [1.165, 1.54) is 5.01 Å². The first-order chi connectivity index (χ1) is 16.3. The molecule has 0 aromatic heterocycles. The minimum atomic E-state index is -0.377. The summed E-state index contributed by atoms with van der Waals surface area (Å²) in [5.41, 5.74) is 4.59. The average Bonchev–Trinajstić information content (AvgIpc) is 2.83. The fraction of sp³-hybridized carbons (Fsp3) is 0.346. The molecule has 0 saturated carbocycles.